The number of halogens is 3. The molecule has 1 heterocycles. The lowest BCUT2D eigenvalue weighted by Crippen LogP contribution is -2.45. The highest BCUT2D eigenvalue weighted by molar-refractivity contribution is 7.93. The van der Waals surface area contributed by atoms with Gasteiger partial charge >= 0.3 is 6.18 Å². The summed E-state index contributed by atoms with van der Waals surface area (Å²) in [6.07, 6.45) is -4.09. The molecule has 6 nitrogen and oxygen atoms in total. The third-order valence-corrected chi connectivity index (χ3v) is 7.91. The molecule has 0 saturated carbocycles. The Morgan fingerprint density at radius 1 is 1.03 bits per heavy atom. The summed E-state index contributed by atoms with van der Waals surface area (Å²) in [6, 6.07) is 16.1. The van der Waals surface area contributed by atoms with E-state index in [-0.39, 0.29) is 16.3 Å². The van der Waals surface area contributed by atoms with E-state index in [1.807, 2.05) is 24.3 Å². The predicted octanol–water partition coefficient (Wildman–Crippen LogP) is 4.80. The minimum absolute atomic E-state index is 0.0249. The van der Waals surface area contributed by atoms with Crippen LogP contribution in [0.2, 0.25) is 0 Å². The van der Waals surface area contributed by atoms with Crippen molar-refractivity contribution in [1.82, 2.24) is 4.90 Å². The third kappa shape index (κ3) is 5.18. The number of rotatable bonds is 6. The molecular formula is C26H25F3N2O4S. The van der Waals surface area contributed by atoms with Gasteiger partial charge in [0.05, 0.1) is 18.4 Å². The van der Waals surface area contributed by atoms with Crippen molar-refractivity contribution >= 4 is 21.6 Å². The number of methoxy groups -OCH3 is 1. The molecule has 1 aliphatic rings. The lowest BCUT2D eigenvalue weighted by molar-refractivity contribution is -0.137. The van der Waals surface area contributed by atoms with Crippen molar-refractivity contribution in [3.8, 4) is 5.75 Å². The van der Waals surface area contributed by atoms with Crippen molar-refractivity contribution < 1.29 is 31.1 Å². The van der Waals surface area contributed by atoms with E-state index in [4.69, 9.17) is 4.74 Å². The molecule has 36 heavy (non-hydrogen) atoms. The summed E-state index contributed by atoms with van der Waals surface area (Å²) in [4.78, 5) is 14.6. The van der Waals surface area contributed by atoms with Crippen LogP contribution in [0.5, 0.6) is 5.75 Å². The second kappa shape index (κ2) is 9.85. The van der Waals surface area contributed by atoms with Crippen LogP contribution in [0.3, 0.4) is 0 Å². The van der Waals surface area contributed by atoms with Crippen LogP contribution in [0, 0.1) is 6.92 Å². The van der Waals surface area contributed by atoms with Gasteiger partial charge in [0, 0.05) is 13.1 Å². The Morgan fingerprint density at radius 3 is 2.44 bits per heavy atom. The second-order valence-corrected chi connectivity index (χ2v) is 10.4. The van der Waals surface area contributed by atoms with Crippen LogP contribution in [0.4, 0.5) is 18.9 Å². The number of amides is 1. The fourth-order valence-electron chi connectivity index (χ4n) is 4.19. The topological polar surface area (TPSA) is 66.9 Å². The summed E-state index contributed by atoms with van der Waals surface area (Å²) in [6.45, 7) is 1.69. The Morgan fingerprint density at radius 2 is 1.75 bits per heavy atom. The molecule has 10 heteroatoms. The van der Waals surface area contributed by atoms with Crippen LogP contribution in [0.15, 0.2) is 71.6 Å². The molecule has 0 spiro atoms. The maximum atomic E-state index is 13.8. The monoisotopic (exact) mass is 518 g/mol. The Balaban J connectivity index is 1.76. The van der Waals surface area contributed by atoms with Crippen LogP contribution >= 0.6 is 0 Å². The summed E-state index contributed by atoms with van der Waals surface area (Å²) in [5, 5.41) is 0. The summed E-state index contributed by atoms with van der Waals surface area (Å²) >= 11 is 0. The normalized spacial score (nSPS) is 13.8. The van der Waals surface area contributed by atoms with Crippen molar-refractivity contribution in [2.24, 2.45) is 0 Å². The first kappa shape index (κ1) is 25.6. The maximum absolute atomic E-state index is 13.8. The minimum Gasteiger partial charge on any atom is -0.495 e. The molecule has 1 aliphatic heterocycles. The number of carbonyl (C=O) groups is 1. The molecular weight excluding hydrogens is 493 g/mol. The van der Waals surface area contributed by atoms with Crippen molar-refractivity contribution in [2.45, 2.75) is 31.0 Å². The number of benzene rings is 3. The second-order valence-electron chi connectivity index (χ2n) is 8.55. The van der Waals surface area contributed by atoms with Gasteiger partial charge in [-0.2, -0.15) is 13.2 Å². The molecule has 190 valence electrons. The Kier molecular flexibility index (Phi) is 6.99. The molecule has 0 bridgehead atoms. The number of alkyl halides is 3. The molecule has 4 rings (SSSR count). The van der Waals surface area contributed by atoms with Crippen LogP contribution in [0.1, 0.15) is 22.3 Å². The van der Waals surface area contributed by atoms with Crippen LogP contribution in [-0.2, 0) is 34.0 Å². The standard InChI is InChI=1S/C26H25F3N2O4S/c1-18-10-11-23(35-2)24(14-18)36(33,34)31(22-9-5-8-21(15-22)26(27,28)29)17-25(32)30-13-12-19-6-3-4-7-20(19)16-30/h3-11,14-15H,12-13,16-17H2,1-2H3. The van der Waals surface area contributed by atoms with Crippen molar-refractivity contribution in [2.75, 3.05) is 24.5 Å². The number of carbonyl (C=O) groups excluding carboxylic acids is 1. The lowest BCUT2D eigenvalue weighted by atomic mass is 10.00. The average Bonchev–Trinajstić information content (AvgIpc) is 2.86. The molecule has 0 unspecified atom stereocenters. The largest absolute Gasteiger partial charge is 0.495 e. The molecule has 0 aliphatic carbocycles. The summed E-state index contributed by atoms with van der Waals surface area (Å²) in [5.74, 6) is -0.492. The molecule has 0 saturated heterocycles. The predicted molar refractivity (Wildman–Crippen MR) is 129 cm³/mol. The van der Waals surface area contributed by atoms with E-state index in [2.05, 4.69) is 0 Å². The molecule has 0 atom stereocenters. The zero-order valence-corrected chi connectivity index (χ0v) is 20.6. The highest BCUT2D eigenvalue weighted by atomic mass is 32.2. The minimum atomic E-state index is -4.69. The first-order valence-electron chi connectivity index (χ1n) is 11.2. The number of hydrogen-bond acceptors (Lipinski definition) is 4. The van der Waals surface area contributed by atoms with E-state index in [1.165, 1.54) is 30.2 Å². The number of fused-ring (bicyclic) bond motifs is 1. The molecule has 0 radical (unpaired) electrons. The van der Waals surface area contributed by atoms with Crippen molar-refractivity contribution in [1.29, 1.82) is 0 Å². The molecule has 3 aromatic rings. The van der Waals surface area contributed by atoms with Gasteiger partial charge in [0.15, 0.2) is 0 Å². The van der Waals surface area contributed by atoms with Gasteiger partial charge < -0.3 is 9.64 Å². The number of ether oxygens (including phenoxy) is 1. The van der Waals surface area contributed by atoms with E-state index in [0.29, 0.717) is 25.1 Å². The molecule has 0 N–H and O–H groups in total. The maximum Gasteiger partial charge on any atom is 0.416 e. The third-order valence-electron chi connectivity index (χ3n) is 6.11. The number of nitrogens with zero attached hydrogens (tertiary/aromatic N) is 2. The first-order chi connectivity index (χ1) is 17.0. The van der Waals surface area contributed by atoms with E-state index < -0.39 is 34.2 Å². The van der Waals surface area contributed by atoms with Crippen molar-refractivity contribution in [3.05, 3.63) is 89.0 Å². The number of sulfonamides is 1. The van der Waals surface area contributed by atoms with Gasteiger partial charge in [-0.15, -0.1) is 0 Å². The fourth-order valence-corrected chi connectivity index (χ4v) is 5.84. The quantitative estimate of drug-likeness (QED) is 0.470. The number of hydrogen-bond donors (Lipinski definition) is 0. The lowest BCUT2D eigenvalue weighted by Gasteiger charge is -2.32. The summed E-state index contributed by atoms with van der Waals surface area (Å²) in [5.41, 5.74) is 1.38. The molecule has 3 aromatic carbocycles. The highest BCUT2D eigenvalue weighted by Gasteiger charge is 2.35. The van der Waals surface area contributed by atoms with E-state index in [1.54, 1.807) is 13.0 Å². The van der Waals surface area contributed by atoms with Gasteiger partial charge in [-0.3, -0.25) is 9.10 Å². The van der Waals surface area contributed by atoms with Gasteiger partial charge in [-0.25, -0.2) is 8.42 Å². The zero-order valence-electron chi connectivity index (χ0n) is 19.7. The van der Waals surface area contributed by atoms with Gasteiger partial charge in [-0.1, -0.05) is 36.4 Å². The Hall–Kier alpha value is -3.53. The summed E-state index contributed by atoms with van der Waals surface area (Å²) in [7, 11) is -3.18. The molecule has 0 aromatic heterocycles. The van der Waals surface area contributed by atoms with Gasteiger partial charge in [-0.05, 0) is 60.4 Å². The van der Waals surface area contributed by atoms with E-state index in [9.17, 15) is 26.4 Å². The average molecular weight is 519 g/mol. The van der Waals surface area contributed by atoms with Crippen LogP contribution in [-0.4, -0.2) is 39.4 Å². The highest BCUT2D eigenvalue weighted by Crippen LogP contribution is 2.35. The van der Waals surface area contributed by atoms with Gasteiger partial charge in [0.25, 0.3) is 10.0 Å². The van der Waals surface area contributed by atoms with Gasteiger partial charge in [0.1, 0.15) is 17.2 Å². The molecule has 0 fully saturated rings. The Bertz CT molecular complexity index is 1390. The summed E-state index contributed by atoms with van der Waals surface area (Å²) < 4.78 is 74.0. The molecule has 1 amide bonds. The van der Waals surface area contributed by atoms with Crippen LogP contribution in [0.25, 0.3) is 0 Å². The zero-order chi connectivity index (χ0) is 26.1. The Labute approximate surface area is 208 Å². The van der Waals surface area contributed by atoms with E-state index in [0.717, 1.165) is 33.6 Å². The SMILES string of the molecule is COc1ccc(C)cc1S(=O)(=O)N(CC(=O)N1CCc2ccccc2C1)c1cccc(C(F)(F)F)c1. The van der Waals surface area contributed by atoms with Crippen LogP contribution < -0.4 is 9.04 Å². The van der Waals surface area contributed by atoms with Crippen molar-refractivity contribution in [3.63, 3.8) is 0 Å². The fraction of sp³-hybridized carbons (Fsp3) is 0.269. The number of aryl methyl sites for hydroxylation is 1. The first-order valence-corrected chi connectivity index (χ1v) is 12.6. The smallest absolute Gasteiger partial charge is 0.416 e. The number of anilines is 1. The van der Waals surface area contributed by atoms with Gasteiger partial charge in [0.2, 0.25) is 5.91 Å². The van der Waals surface area contributed by atoms with E-state index >= 15 is 0 Å².